The topological polar surface area (TPSA) is 55.1 Å². The van der Waals surface area contributed by atoms with Crippen molar-refractivity contribution in [2.45, 2.75) is 45.6 Å². The van der Waals surface area contributed by atoms with Gasteiger partial charge in [-0.3, -0.25) is 0 Å². The van der Waals surface area contributed by atoms with Crippen LogP contribution in [0.3, 0.4) is 0 Å². The minimum atomic E-state index is 0.388. The van der Waals surface area contributed by atoms with Gasteiger partial charge in [-0.2, -0.15) is 14.6 Å². The first-order valence-corrected chi connectivity index (χ1v) is 6.81. The van der Waals surface area contributed by atoms with E-state index in [0.717, 1.165) is 37.2 Å². The van der Waals surface area contributed by atoms with Crippen LogP contribution >= 0.6 is 0 Å². The third-order valence-corrected chi connectivity index (χ3v) is 3.11. The molecular formula is C14H21N5. The number of unbranched alkanes of at least 4 members (excludes halogenated alkanes) is 1. The summed E-state index contributed by atoms with van der Waals surface area (Å²) in [6.45, 7) is 8.02. The van der Waals surface area contributed by atoms with Gasteiger partial charge in [-0.15, -0.1) is 6.58 Å². The molecule has 102 valence electrons. The highest BCUT2D eigenvalue weighted by atomic mass is 15.4. The second kappa shape index (κ2) is 6.31. The Balaban J connectivity index is 2.14. The summed E-state index contributed by atoms with van der Waals surface area (Å²) in [5.41, 5.74) is 1.03. The van der Waals surface area contributed by atoms with Crippen molar-refractivity contribution in [1.82, 2.24) is 19.6 Å². The smallest absolute Gasteiger partial charge is 0.254 e. The van der Waals surface area contributed by atoms with Gasteiger partial charge in [-0.05, 0) is 32.6 Å². The maximum atomic E-state index is 4.43. The molecule has 0 radical (unpaired) electrons. The summed E-state index contributed by atoms with van der Waals surface area (Å²) < 4.78 is 1.75. The number of anilines is 1. The lowest BCUT2D eigenvalue weighted by Gasteiger charge is -2.15. The van der Waals surface area contributed by atoms with Gasteiger partial charge in [0.1, 0.15) is 12.1 Å². The molecule has 0 amide bonds. The van der Waals surface area contributed by atoms with Crippen molar-refractivity contribution in [1.29, 1.82) is 0 Å². The standard InChI is InChI=1S/C14H21N5/c1-4-6-7-8-11(3)17-13-9-12(5-2)18-14-15-10-16-19(13)14/h4,9-11,17H,1,5-8H2,2-3H3. The summed E-state index contributed by atoms with van der Waals surface area (Å²) in [6, 6.07) is 2.44. The van der Waals surface area contributed by atoms with Gasteiger partial charge >= 0.3 is 0 Å². The summed E-state index contributed by atoms with van der Waals surface area (Å²) in [5, 5.41) is 7.70. The van der Waals surface area contributed by atoms with E-state index in [0.29, 0.717) is 11.8 Å². The lowest BCUT2D eigenvalue weighted by atomic mass is 10.1. The lowest BCUT2D eigenvalue weighted by Crippen LogP contribution is -2.18. The summed E-state index contributed by atoms with van der Waals surface area (Å²) >= 11 is 0. The van der Waals surface area contributed by atoms with Crippen LogP contribution in [0.4, 0.5) is 5.82 Å². The van der Waals surface area contributed by atoms with E-state index in [-0.39, 0.29) is 0 Å². The van der Waals surface area contributed by atoms with Crippen LogP contribution in [0.1, 0.15) is 38.8 Å². The quantitative estimate of drug-likeness (QED) is 0.613. The Labute approximate surface area is 113 Å². The molecule has 5 heteroatoms. The van der Waals surface area contributed by atoms with E-state index >= 15 is 0 Å². The van der Waals surface area contributed by atoms with Gasteiger partial charge in [0, 0.05) is 17.8 Å². The number of nitrogens with one attached hydrogen (secondary N) is 1. The van der Waals surface area contributed by atoms with Crippen molar-refractivity contribution in [2.24, 2.45) is 0 Å². The minimum absolute atomic E-state index is 0.388. The van der Waals surface area contributed by atoms with Crippen LogP contribution in [0, 0.1) is 0 Å². The highest BCUT2D eigenvalue weighted by Crippen LogP contribution is 2.14. The Morgan fingerprint density at radius 2 is 2.37 bits per heavy atom. The molecule has 1 unspecified atom stereocenters. The molecule has 0 fully saturated rings. The SMILES string of the molecule is C=CCCCC(C)Nc1cc(CC)nc2ncnn12. The zero-order valence-corrected chi connectivity index (χ0v) is 11.6. The van der Waals surface area contributed by atoms with E-state index < -0.39 is 0 Å². The molecule has 0 aliphatic heterocycles. The summed E-state index contributed by atoms with van der Waals surface area (Å²) in [4.78, 5) is 8.59. The van der Waals surface area contributed by atoms with Crippen molar-refractivity contribution in [3.05, 3.63) is 30.7 Å². The zero-order chi connectivity index (χ0) is 13.7. The van der Waals surface area contributed by atoms with E-state index in [1.807, 2.05) is 12.1 Å². The molecule has 0 aromatic carbocycles. The number of aromatic nitrogens is 4. The van der Waals surface area contributed by atoms with Gasteiger partial charge in [0.15, 0.2) is 0 Å². The first-order valence-electron chi connectivity index (χ1n) is 6.81. The zero-order valence-electron chi connectivity index (χ0n) is 11.6. The lowest BCUT2D eigenvalue weighted by molar-refractivity contribution is 0.657. The number of aryl methyl sites for hydroxylation is 1. The molecule has 19 heavy (non-hydrogen) atoms. The Morgan fingerprint density at radius 3 is 3.11 bits per heavy atom. The molecule has 2 rings (SSSR count). The molecule has 2 heterocycles. The fourth-order valence-corrected chi connectivity index (χ4v) is 2.04. The molecule has 1 N–H and O–H groups in total. The minimum Gasteiger partial charge on any atom is -0.367 e. The van der Waals surface area contributed by atoms with Gasteiger partial charge in [-0.1, -0.05) is 13.0 Å². The third-order valence-electron chi connectivity index (χ3n) is 3.11. The van der Waals surface area contributed by atoms with Gasteiger partial charge < -0.3 is 5.32 Å². The predicted octanol–water partition coefficient (Wildman–Crippen LogP) is 2.84. The van der Waals surface area contributed by atoms with Crippen molar-refractivity contribution in [3.63, 3.8) is 0 Å². The number of fused-ring (bicyclic) bond motifs is 1. The molecule has 5 nitrogen and oxygen atoms in total. The fourth-order valence-electron chi connectivity index (χ4n) is 2.04. The molecule has 2 aromatic heterocycles. The van der Waals surface area contributed by atoms with Crippen LogP contribution in [0.5, 0.6) is 0 Å². The molecule has 0 aliphatic rings. The summed E-state index contributed by atoms with van der Waals surface area (Å²) in [6.07, 6.45) is 7.69. The monoisotopic (exact) mass is 259 g/mol. The Bertz CT molecular complexity index is 546. The Kier molecular flexibility index (Phi) is 4.49. The van der Waals surface area contributed by atoms with Crippen molar-refractivity contribution < 1.29 is 0 Å². The third kappa shape index (κ3) is 3.30. The van der Waals surface area contributed by atoms with Crippen LogP contribution < -0.4 is 5.32 Å². The first-order chi connectivity index (χ1) is 9.24. The van der Waals surface area contributed by atoms with Crippen LogP contribution in [0.2, 0.25) is 0 Å². The maximum Gasteiger partial charge on any atom is 0.254 e. The van der Waals surface area contributed by atoms with Crippen molar-refractivity contribution >= 4 is 11.6 Å². The Hall–Kier alpha value is -1.91. The van der Waals surface area contributed by atoms with Crippen molar-refractivity contribution in [3.8, 4) is 0 Å². The van der Waals surface area contributed by atoms with Crippen LogP contribution in [0.25, 0.3) is 5.78 Å². The van der Waals surface area contributed by atoms with Gasteiger partial charge in [0.05, 0.1) is 0 Å². The highest BCUT2D eigenvalue weighted by Gasteiger charge is 2.09. The normalized spacial score (nSPS) is 12.5. The van der Waals surface area contributed by atoms with Gasteiger partial charge in [0.2, 0.25) is 0 Å². The molecule has 0 bridgehead atoms. The maximum absolute atomic E-state index is 4.43. The average molecular weight is 259 g/mol. The molecule has 1 atom stereocenters. The van der Waals surface area contributed by atoms with E-state index in [2.05, 4.69) is 40.8 Å². The largest absolute Gasteiger partial charge is 0.367 e. The highest BCUT2D eigenvalue weighted by molar-refractivity contribution is 5.45. The number of hydrogen-bond acceptors (Lipinski definition) is 4. The fraction of sp³-hybridized carbons (Fsp3) is 0.500. The summed E-state index contributed by atoms with van der Waals surface area (Å²) in [5.74, 6) is 1.62. The van der Waals surface area contributed by atoms with E-state index in [9.17, 15) is 0 Å². The number of hydrogen-bond donors (Lipinski definition) is 1. The molecule has 0 saturated carbocycles. The summed E-state index contributed by atoms with van der Waals surface area (Å²) in [7, 11) is 0. The van der Waals surface area contributed by atoms with Gasteiger partial charge in [0.25, 0.3) is 5.78 Å². The molecule has 2 aromatic rings. The molecule has 0 saturated heterocycles. The van der Waals surface area contributed by atoms with E-state index in [4.69, 9.17) is 0 Å². The van der Waals surface area contributed by atoms with Crippen LogP contribution in [0.15, 0.2) is 25.0 Å². The van der Waals surface area contributed by atoms with E-state index in [1.54, 1.807) is 4.52 Å². The first kappa shape index (κ1) is 13.5. The second-order valence-corrected chi connectivity index (χ2v) is 4.72. The average Bonchev–Trinajstić information content (AvgIpc) is 2.87. The number of rotatable bonds is 7. The van der Waals surface area contributed by atoms with Crippen LogP contribution in [-0.2, 0) is 6.42 Å². The molecule has 0 spiro atoms. The molecular weight excluding hydrogens is 238 g/mol. The number of allylic oxidation sites excluding steroid dienone is 1. The second-order valence-electron chi connectivity index (χ2n) is 4.72. The Morgan fingerprint density at radius 1 is 1.53 bits per heavy atom. The van der Waals surface area contributed by atoms with E-state index in [1.165, 1.54) is 6.33 Å². The molecule has 0 aliphatic carbocycles. The number of nitrogens with zero attached hydrogens (tertiary/aromatic N) is 4. The van der Waals surface area contributed by atoms with Crippen LogP contribution in [-0.4, -0.2) is 25.6 Å². The van der Waals surface area contributed by atoms with Gasteiger partial charge in [-0.25, -0.2) is 4.98 Å². The predicted molar refractivity (Wildman–Crippen MR) is 77.3 cm³/mol. The van der Waals surface area contributed by atoms with Crippen molar-refractivity contribution in [2.75, 3.05) is 5.32 Å².